The van der Waals surface area contributed by atoms with Crippen molar-refractivity contribution < 1.29 is 9.66 Å². The number of hydrogen-bond acceptors (Lipinski definition) is 5. The van der Waals surface area contributed by atoms with Gasteiger partial charge < -0.3 is 4.74 Å². The monoisotopic (exact) mass is 312 g/mol. The second-order valence-corrected chi connectivity index (χ2v) is 4.48. The maximum Gasteiger partial charge on any atom is 0.353 e. The molecule has 18 heavy (non-hydrogen) atoms. The molecule has 8 heteroatoms. The van der Waals surface area contributed by atoms with Crippen molar-refractivity contribution in [2.24, 2.45) is 7.05 Å². The largest absolute Gasteiger partial charge is 0.432 e. The first-order chi connectivity index (χ1) is 8.49. The number of halogens is 1. The predicted molar refractivity (Wildman–Crippen MR) is 66.6 cm³/mol. The zero-order valence-electron chi connectivity index (χ0n) is 9.62. The average molecular weight is 313 g/mol. The second kappa shape index (κ2) is 4.73. The Morgan fingerprint density at radius 1 is 1.50 bits per heavy atom. The minimum atomic E-state index is -0.511. The molecule has 7 nitrogen and oxygen atoms in total. The van der Waals surface area contributed by atoms with Crippen LogP contribution in [0.5, 0.6) is 11.6 Å². The first-order valence-electron chi connectivity index (χ1n) is 4.95. The van der Waals surface area contributed by atoms with Gasteiger partial charge in [0.1, 0.15) is 11.4 Å². The highest BCUT2D eigenvalue weighted by atomic mass is 79.9. The molecule has 0 unspecified atom stereocenters. The number of aromatic nitrogens is 3. The van der Waals surface area contributed by atoms with Gasteiger partial charge in [-0.05, 0) is 28.9 Å². The van der Waals surface area contributed by atoms with E-state index in [4.69, 9.17) is 4.74 Å². The van der Waals surface area contributed by atoms with Gasteiger partial charge in [-0.2, -0.15) is 5.10 Å². The van der Waals surface area contributed by atoms with Crippen LogP contribution >= 0.6 is 15.9 Å². The summed E-state index contributed by atoms with van der Waals surface area (Å²) in [6.45, 7) is 1.56. The number of aryl methyl sites for hydroxylation is 2. The molecule has 0 amide bonds. The molecule has 2 aromatic heterocycles. The SMILES string of the molecule is Cc1nn(C)c(Oc2cncc(Br)c2)c1[N+](=O)[O-]. The van der Waals surface area contributed by atoms with Crippen molar-refractivity contribution in [2.75, 3.05) is 0 Å². The molecule has 0 spiro atoms. The Morgan fingerprint density at radius 3 is 2.83 bits per heavy atom. The summed E-state index contributed by atoms with van der Waals surface area (Å²) in [5, 5.41) is 14.9. The molecule has 2 heterocycles. The predicted octanol–water partition coefficient (Wildman–Crippen LogP) is 2.59. The van der Waals surface area contributed by atoms with Gasteiger partial charge in [0.25, 0.3) is 5.88 Å². The van der Waals surface area contributed by atoms with Crippen molar-refractivity contribution in [3.8, 4) is 11.6 Å². The number of rotatable bonds is 3. The quantitative estimate of drug-likeness (QED) is 0.642. The molecule has 2 aromatic rings. The van der Waals surface area contributed by atoms with E-state index < -0.39 is 4.92 Å². The highest BCUT2D eigenvalue weighted by molar-refractivity contribution is 9.10. The molecule has 0 N–H and O–H groups in total. The summed E-state index contributed by atoms with van der Waals surface area (Å²) in [6.07, 6.45) is 3.06. The fourth-order valence-corrected chi connectivity index (χ4v) is 1.85. The van der Waals surface area contributed by atoms with Crippen LogP contribution in [0, 0.1) is 17.0 Å². The van der Waals surface area contributed by atoms with Gasteiger partial charge in [0.2, 0.25) is 0 Å². The summed E-state index contributed by atoms with van der Waals surface area (Å²) in [4.78, 5) is 14.4. The van der Waals surface area contributed by atoms with Gasteiger partial charge in [-0.25, -0.2) is 4.68 Å². The van der Waals surface area contributed by atoms with Crippen LogP contribution in [0.4, 0.5) is 5.69 Å². The van der Waals surface area contributed by atoms with E-state index >= 15 is 0 Å². The number of nitro groups is 1. The highest BCUT2D eigenvalue weighted by Gasteiger charge is 2.26. The lowest BCUT2D eigenvalue weighted by Crippen LogP contribution is -1.97. The lowest BCUT2D eigenvalue weighted by atomic mass is 10.4. The van der Waals surface area contributed by atoms with E-state index in [9.17, 15) is 10.1 Å². The van der Waals surface area contributed by atoms with Crippen LogP contribution in [-0.4, -0.2) is 19.7 Å². The molecule has 0 saturated carbocycles. The molecule has 0 aliphatic carbocycles. The van der Waals surface area contributed by atoms with E-state index in [2.05, 4.69) is 26.0 Å². The van der Waals surface area contributed by atoms with E-state index in [1.54, 1.807) is 26.2 Å². The fourth-order valence-electron chi connectivity index (χ4n) is 1.51. The topological polar surface area (TPSA) is 83.1 Å². The molecule has 0 saturated heterocycles. The normalized spacial score (nSPS) is 10.4. The zero-order chi connectivity index (χ0) is 13.3. The Morgan fingerprint density at radius 2 is 2.22 bits per heavy atom. The molecule has 94 valence electrons. The Bertz CT molecular complexity index is 611. The lowest BCUT2D eigenvalue weighted by molar-refractivity contribution is -0.386. The van der Waals surface area contributed by atoms with Crippen molar-refractivity contribution in [2.45, 2.75) is 6.92 Å². The minimum absolute atomic E-state index is 0.0809. The summed E-state index contributed by atoms with van der Waals surface area (Å²) in [7, 11) is 1.58. The molecule has 0 aliphatic heterocycles. The fraction of sp³-hybridized carbons (Fsp3) is 0.200. The summed E-state index contributed by atoms with van der Waals surface area (Å²) >= 11 is 3.25. The van der Waals surface area contributed by atoms with Crippen LogP contribution in [0.25, 0.3) is 0 Å². The van der Waals surface area contributed by atoms with Gasteiger partial charge in [0.15, 0.2) is 0 Å². The van der Waals surface area contributed by atoms with Crippen LogP contribution in [0.2, 0.25) is 0 Å². The van der Waals surface area contributed by atoms with Crippen LogP contribution < -0.4 is 4.74 Å². The van der Waals surface area contributed by atoms with Crippen molar-refractivity contribution >= 4 is 21.6 Å². The smallest absolute Gasteiger partial charge is 0.353 e. The molecule has 0 aromatic carbocycles. The van der Waals surface area contributed by atoms with E-state index in [0.29, 0.717) is 11.4 Å². The first kappa shape index (κ1) is 12.5. The molecule has 0 fully saturated rings. The van der Waals surface area contributed by atoms with E-state index in [0.717, 1.165) is 4.47 Å². The summed E-state index contributed by atoms with van der Waals surface area (Å²) in [5.41, 5.74) is 0.165. The number of ether oxygens (including phenoxy) is 1. The van der Waals surface area contributed by atoms with Crippen molar-refractivity contribution in [1.29, 1.82) is 0 Å². The van der Waals surface area contributed by atoms with E-state index in [1.165, 1.54) is 10.9 Å². The maximum atomic E-state index is 11.0. The third-order valence-corrected chi connectivity index (χ3v) is 2.65. The third kappa shape index (κ3) is 2.33. The van der Waals surface area contributed by atoms with Crippen molar-refractivity contribution in [3.05, 3.63) is 38.7 Å². The van der Waals surface area contributed by atoms with Gasteiger partial charge in [0, 0.05) is 17.7 Å². The van der Waals surface area contributed by atoms with Gasteiger partial charge in [-0.3, -0.25) is 15.1 Å². The van der Waals surface area contributed by atoms with Crippen LogP contribution in [0.3, 0.4) is 0 Å². The molecule has 0 bridgehead atoms. The van der Waals surface area contributed by atoms with Gasteiger partial charge in [0.05, 0.1) is 11.1 Å². The molecule has 0 atom stereocenters. The van der Waals surface area contributed by atoms with Crippen LogP contribution in [0.1, 0.15) is 5.69 Å². The van der Waals surface area contributed by atoms with Crippen LogP contribution in [-0.2, 0) is 7.05 Å². The second-order valence-electron chi connectivity index (χ2n) is 3.56. The number of hydrogen-bond donors (Lipinski definition) is 0. The van der Waals surface area contributed by atoms with Crippen molar-refractivity contribution in [1.82, 2.24) is 14.8 Å². The van der Waals surface area contributed by atoms with Gasteiger partial charge >= 0.3 is 5.69 Å². The molecule has 2 rings (SSSR count). The molecule has 0 radical (unpaired) electrons. The third-order valence-electron chi connectivity index (χ3n) is 2.22. The zero-order valence-corrected chi connectivity index (χ0v) is 11.2. The number of nitrogens with zero attached hydrogens (tertiary/aromatic N) is 4. The van der Waals surface area contributed by atoms with Crippen LogP contribution in [0.15, 0.2) is 22.9 Å². The van der Waals surface area contributed by atoms with E-state index in [-0.39, 0.29) is 11.6 Å². The Kier molecular flexibility index (Phi) is 3.28. The standard InChI is InChI=1S/C10H9BrN4O3/c1-6-9(15(16)17)10(14(2)13-6)18-8-3-7(11)4-12-5-8/h3-5H,1-2H3. The lowest BCUT2D eigenvalue weighted by Gasteiger charge is -2.04. The van der Waals surface area contributed by atoms with Crippen molar-refractivity contribution in [3.63, 3.8) is 0 Å². The Hall–Kier alpha value is -1.96. The maximum absolute atomic E-state index is 11.0. The highest BCUT2D eigenvalue weighted by Crippen LogP contribution is 2.33. The van der Waals surface area contributed by atoms with Gasteiger partial charge in [-0.15, -0.1) is 0 Å². The molecular formula is C10H9BrN4O3. The molecule has 0 aliphatic rings. The summed E-state index contributed by atoms with van der Waals surface area (Å²) in [6, 6.07) is 1.67. The number of pyridine rings is 1. The summed E-state index contributed by atoms with van der Waals surface area (Å²) in [5.74, 6) is 0.480. The summed E-state index contributed by atoms with van der Waals surface area (Å²) < 4.78 is 7.52. The Balaban J connectivity index is 2.43. The van der Waals surface area contributed by atoms with E-state index in [1.807, 2.05) is 0 Å². The first-order valence-corrected chi connectivity index (χ1v) is 5.74. The molecular weight excluding hydrogens is 304 g/mol. The Labute approximate surface area is 111 Å². The average Bonchev–Trinajstić information content (AvgIpc) is 2.53. The minimum Gasteiger partial charge on any atom is -0.432 e. The van der Waals surface area contributed by atoms with Gasteiger partial charge in [-0.1, -0.05) is 0 Å².